The van der Waals surface area contributed by atoms with Crippen LogP contribution in [0, 0.1) is 11.8 Å². The Morgan fingerprint density at radius 1 is 1.07 bits per heavy atom. The van der Waals surface area contributed by atoms with Crippen LogP contribution in [0.3, 0.4) is 0 Å². The molecule has 2 aliphatic carbocycles. The third-order valence-electron chi connectivity index (χ3n) is 8.97. The summed E-state index contributed by atoms with van der Waals surface area (Å²) >= 11 is 0. The molecule has 244 valence electrons. The molecule has 9 unspecified atom stereocenters. The molecule has 12 heteroatoms. The lowest BCUT2D eigenvalue weighted by Crippen LogP contribution is -2.64. The molecular weight excluding hydrogens is 576 g/mol. The highest BCUT2D eigenvalue weighted by atomic mass is 16.6. The van der Waals surface area contributed by atoms with Gasteiger partial charge >= 0.3 is 29.8 Å². The van der Waals surface area contributed by atoms with Gasteiger partial charge in [0.2, 0.25) is 0 Å². The van der Waals surface area contributed by atoms with Gasteiger partial charge in [-0.2, -0.15) is 0 Å². The predicted octanol–water partition coefficient (Wildman–Crippen LogP) is 2.78. The molecule has 1 heterocycles. The summed E-state index contributed by atoms with van der Waals surface area (Å²) in [4.78, 5) is 64.9. The summed E-state index contributed by atoms with van der Waals surface area (Å²) in [6.07, 6.45) is -3.19. The summed E-state index contributed by atoms with van der Waals surface area (Å²) in [5.41, 5.74) is -5.67. The monoisotopic (exact) mass is 620 g/mol. The van der Waals surface area contributed by atoms with Crippen molar-refractivity contribution in [3.05, 3.63) is 34.4 Å². The Hall–Kier alpha value is -3.51. The first-order valence-electron chi connectivity index (χ1n) is 14.7. The Morgan fingerprint density at radius 3 is 2.20 bits per heavy atom. The van der Waals surface area contributed by atoms with Crippen molar-refractivity contribution < 1.29 is 57.9 Å². The lowest BCUT2D eigenvalue weighted by Gasteiger charge is -2.42. The summed E-state index contributed by atoms with van der Waals surface area (Å²) < 4.78 is 29.1. The van der Waals surface area contributed by atoms with Gasteiger partial charge in [-0.3, -0.25) is 9.59 Å². The molecule has 0 aromatic heterocycles. The Kier molecular flexibility index (Phi) is 9.91. The molecule has 2 fully saturated rings. The number of fused-ring (bicyclic) bond motifs is 3. The lowest BCUT2D eigenvalue weighted by molar-refractivity contribution is -0.213. The van der Waals surface area contributed by atoms with E-state index in [1.54, 1.807) is 41.5 Å². The van der Waals surface area contributed by atoms with Crippen LogP contribution in [0.4, 0.5) is 0 Å². The zero-order chi connectivity index (χ0) is 33.5. The maximum atomic E-state index is 13.1. The van der Waals surface area contributed by atoms with Crippen molar-refractivity contribution in [2.24, 2.45) is 11.8 Å². The van der Waals surface area contributed by atoms with Crippen molar-refractivity contribution in [2.75, 3.05) is 0 Å². The van der Waals surface area contributed by atoms with E-state index in [1.807, 2.05) is 0 Å². The minimum absolute atomic E-state index is 0.107. The fourth-order valence-corrected chi connectivity index (χ4v) is 6.22. The van der Waals surface area contributed by atoms with E-state index < -0.39 is 89.3 Å². The molecule has 0 amide bonds. The van der Waals surface area contributed by atoms with E-state index in [4.69, 9.17) is 23.7 Å². The zero-order valence-electron chi connectivity index (χ0n) is 27.0. The molecule has 2 N–H and O–H groups in total. The van der Waals surface area contributed by atoms with Gasteiger partial charge in [0.05, 0.1) is 11.8 Å². The van der Waals surface area contributed by atoms with Gasteiger partial charge in [0, 0.05) is 25.0 Å². The maximum Gasteiger partial charge on any atom is 0.341 e. The van der Waals surface area contributed by atoms with Crippen LogP contribution in [-0.4, -0.2) is 81.3 Å². The minimum atomic E-state index is -2.60. The topological polar surface area (TPSA) is 172 Å². The van der Waals surface area contributed by atoms with E-state index in [2.05, 4.69) is 0 Å². The van der Waals surface area contributed by atoms with Crippen molar-refractivity contribution >= 4 is 29.8 Å². The highest BCUT2D eigenvalue weighted by Crippen LogP contribution is 2.57. The van der Waals surface area contributed by atoms with Crippen molar-refractivity contribution in [3.63, 3.8) is 0 Å². The van der Waals surface area contributed by atoms with Crippen LogP contribution in [-0.2, 0) is 47.7 Å². The largest absolute Gasteiger partial charge is 0.459 e. The van der Waals surface area contributed by atoms with Crippen LogP contribution in [0.15, 0.2) is 34.4 Å². The van der Waals surface area contributed by atoms with Crippen molar-refractivity contribution in [3.8, 4) is 0 Å². The van der Waals surface area contributed by atoms with Crippen LogP contribution >= 0.6 is 0 Å². The molecule has 12 nitrogen and oxygen atoms in total. The second-order valence-corrected chi connectivity index (χ2v) is 12.6. The van der Waals surface area contributed by atoms with Gasteiger partial charge in [0.15, 0.2) is 29.5 Å². The molecule has 3 rings (SSSR count). The number of hydrogen-bond acceptors (Lipinski definition) is 12. The number of carbonyl (C=O) groups is 5. The summed E-state index contributed by atoms with van der Waals surface area (Å²) in [6, 6.07) is 0. The van der Waals surface area contributed by atoms with Crippen LogP contribution in [0.5, 0.6) is 0 Å². The number of esters is 5. The summed E-state index contributed by atoms with van der Waals surface area (Å²) in [5.74, 6) is -5.96. The standard InChI is InChI=1S/C32H44O12/c1-11-16(5)27(35)40-20-14-30(9,44-19(8)33)23-22(26-32(20,39)31(10,38)29(37)43-26)18(7)24(42-28(36)17(6)12-2)25(23)41-21(34)13-15(3)4/h12-13,16,20,23-26,38-39H,11,14H2,1-10H3/b17-12-. The maximum absolute atomic E-state index is 13.1. The Bertz CT molecular complexity index is 1320. The van der Waals surface area contributed by atoms with Gasteiger partial charge in [-0.15, -0.1) is 0 Å². The van der Waals surface area contributed by atoms with Crippen LogP contribution in [0.1, 0.15) is 82.1 Å². The van der Waals surface area contributed by atoms with E-state index in [-0.39, 0.29) is 16.7 Å². The molecule has 0 bridgehead atoms. The highest BCUT2D eigenvalue weighted by molar-refractivity contribution is 5.88. The number of rotatable bonds is 8. The van der Waals surface area contributed by atoms with Gasteiger partial charge in [-0.25, -0.2) is 14.4 Å². The van der Waals surface area contributed by atoms with E-state index in [0.717, 1.165) is 13.8 Å². The quantitative estimate of drug-likeness (QED) is 0.176. The molecule has 0 spiro atoms. The molecule has 44 heavy (non-hydrogen) atoms. The molecule has 3 aliphatic rings. The zero-order valence-corrected chi connectivity index (χ0v) is 27.0. The fourth-order valence-electron chi connectivity index (χ4n) is 6.22. The van der Waals surface area contributed by atoms with Gasteiger partial charge in [0.25, 0.3) is 0 Å². The molecule has 0 aromatic carbocycles. The first-order valence-corrected chi connectivity index (χ1v) is 14.7. The van der Waals surface area contributed by atoms with Crippen LogP contribution in [0.25, 0.3) is 0 Å². The Labute approximate surface area is 257 Å². The first-order chi connectivity index (χ1) is 20.3. The normalized spacial score (nSPS) is 35.4. The third kappa shape index (κ3) is 5.93. The summed E-state index contributed by atoms with van der Waals surface area (Å²) in [7, 11) is 0. The number of aliphatic hydroxyl groups is 2. The van der Waals surface area contributed by atoms with Gasteiger partial charge in [0.1, 0.15) is 11.7 Å². The number of ether oxygens (including phenoxy) is 5. The van der Waals surface area contributed by atoms with E-state index in [9.17, 15) is 34.2 Å². The van der Waals surface area contributed by atoms with Crippen LogP contribution < -0.4 is 0 Å². The van der Waals surface area contributed by atoms with Gasteiger partial charge < -0.3 is 33.9 Å². The van der Waals surface area contributed by atoms with Gasteiger partial charge in [-0.1, -0.05) is 25.5 Å². The average molecular weight is 621 g/mol. The second kappa shape index (κ2) is 12.5. The molecule has 1 saturated heterocycles. The predicted molar refractivity (Wildman–Crippen MR) is 154 cm³/mol. The van der Waals surface area contributed by atoms with E-state index in [0.29, 0.717) is 12.0 Å². The Morgan fingerprint density at radius 2 is 1.68 bits per heavy atom. The first kappa shape index (κ1) is 35.0. The lowest BCUT2D eigenvalue weighted by atomic mass is 9.75. The van der Waals surface area contributed by atoms with Crippen molar-refractivity contribution in [2.45, 2.75) is 123 Å². The summed E-state index contributed by atoms with van der Waals surface area (Å²) in [6.45, 7) is 15.2. The van der Waals surface area contributed by atoms with E-state index >= 15 is 0 Å². The fraction of sp³-hybridized carbons (Fsp3) is 0.656. The number of allylic oxidation sites excluding steroid dienone is 2. The van der Waals surface area contributed by atoms with Crippen molar-refractivity contribution in [1.82, 2.24) is 0 Å². The van der Waals surface area contributed by atoms with Crippen LogP contribution in [0.2, 0.25) is 0 Å². The molecular formula is C32H44O12. The van der Waals surface area contributed by atoms with Gasteiger partial charge in [-0.05, 0) is 66.0 Å². The van der Waals surface area contributed by atoms with E-state index in [1.165, 1.54) is 26.0 Å². The molecule has 1 aliphatic heterocycles. The second-order valence-electron chi connectivity index (χ2n) is 12.6. The highest BCUT2D eigenvalue weighted by Gasteiger charge is 2.76. The number of hydrogen-bond donors (Lipinski definition) is 2. The summed E-state index contributed by atoms with van der Waals surface area (Å²) in [5, 5.41) is 23.9. The molecule has 0 radical (unpaired) electrons. The molecule has 0 aromatic rings. The molecule has 9 atom stereocenters. The van der Waals surface area contributed by atoms with Crippen molar-refractivity contribution in [1.29, 1.82) is 0 Å². The average Bonchev–Trinajstić information content (AvgIpc) is 3.25. The SMILES string of the molecule is C/C=C(/C)C(=O)OC1C(C)=C2C(C1OC(=O)C=C(C)C)C(C)(OC(C)=O)CC(OC(=O)C(C)CC)C1(O)C2OC(=O)C1(C)O. The smallest absolute Gasteiger partial charge is 0.341 e. The Balaban J connectivity index is 2.37. The minimum Gasteiger partial charge on any atom is -0.459 e. The number of carbonyl (C=O) groups excluding carboxylic acids is 5. The molecule has 1 saturated carbocycles. The third-order valence-corrected chi connectivity index (χ3v) is 8.97.